The lowest BCUT2D eigenvalue weighted by atomic mass is 10.1. The van der Waals surface area contributed by atoms with Crippen LogP contribution in [0.2, 0.25) is 5.02 Å². The van der Waals surface area contributed by atoms with E-state index in [1.165, 1.54) is 5.56 Å². The minimum atomic E-state index is -0.287. The van der Waals surface area contributed by atoms with Crippen LogP contribution in [-0.2, 0) is 6.42 Å². The van der Waals surface area contributed by atoms with Gasteiger partial charge in [-0.25, -0.2) is 4.79 Å². The Kier molecular flexibility index (Phi) is 3.48. The van der Waals surface area contributed by atoms with Crippen molar-refractivity contribution in [2.45, 2.75) is 6.42 Å². The Morgan fingerprint density at radius 2 is 1.90 bits per heavy atom. The molecule has 3 N–H and O–H groups in total. The fourth-order valence-electron chi connectivity index (χ4n) is 2.23. The lowest BCUT2D eigenvalue weighted by molar-refractivity contribution is 0.262. The first kappa shape index (κ1) is 12.8. The first-order valence-corrected chi connectivity index (χ1v) is 6.79. The summed E-state index contributed by atoms with van der Waals surface area (Å²) in [7, 11) is 0. The Morgan fingerprint density at radius 3 is 2.70 bits per heavy atom. The maximum Gasteiger partial charge on any atom is 0.323 e. The highest BCUT2D eigenvalue weighted by atomic mass is 35.5. The Balaban J connectivity index is 1.67. The molecule has 4 nitrogen and oxygen atoms in total. The third-order valence-corrected chi connectivity index (χ3v) is 3.40. The second-order valence-electron chi connectivity index (χ2n) is 4.64. The molecule has 2 aromatic rings. The van der Waals surface area contributed by atoms with Crippen molar-refractivity contribution in [2.75, 3.05) is 22.5 Å². The topological polar surface area (TPSA) is 53.2 Å². The van der Waals surface area contributed by atoms with E-state index in [0.717, 1.165) is 24.3 Å². The summed E-state index contributed by atoms with van der Waals surface area (Å²) in [6, 6.07) is 12.6. The first-order valence-electron chi connectivity index (χ1n) is 6.41. The van der Waals surface area contributed by atoms with E-state index in [9.17, 15) is 4.79 Å². The van der Waals surface area contributed by atoms with Gasteiger partial charge in [0.2, 0.25) is 0 Å². The van der Waals surface area contributed by atoms with Gasteiger partial charge in [0.15, 0.2) is 0 Å². The van der Waals surface area contributed by atoms with E-state index < -0.39 is 0 Å². The van der Waals surface area contributed by atoms with E-state index in [1.807, 2.05) is 18.2 Å². The molecule has 0 bridgehead atoms. The standard InChI is InChI=1S/C15H14ClN3O/c16-11-2-1-3-12(8-11)18-15(20)19-13-5-4-10-6-7-17-14(10)9-13/h1-5,8-9,17H,6-7H2,(H2,18,19,20). The molecule has 0 atom stereocenters. The van der Waals surface area contributed by atoms with E-state index in [2.05, 4.69) is 16.0 Å². The molecule has 0 saturated carbocycles. The summed E-state index contributed by atoms with van der Waals surface area (Å²) in [6.45, 7) is 0.952. The summed E-state index contributed by atoms with van der Waals surface area (Å²) in [5.41, 5.74) is 3.79. The van der Waals surface area contributed by atoms with Crippen LogP contribution in [0.15, 0.2) is 42.5 Å². The third kappa shape index (κ3) is 2.86. The molecule has 1 heterocycles. The third-order valence-electron chi connectivity index (χ3n) is 3.16. The summed E-state index contributed by atoms with van der Waals surface area (Å²) in [5, 5.41) is 9.42. The fraction of sp³-hybridized carbons (Fsp3) is 0.133. The Labute approximate surface area is 122 Å². The normalized spacial score (nSPS) is 12.4. The van der Waals surface area contributed by atoms with E-state index in [1.54, 1.807) is 24.3 Å². The van der Waals surface area contributed by atoms with E-state index in [4.69, 9.17) is 11.6 Å². The molecule has 0 aliphatic carbocycles. The molecule has 5 heteroatoms. The van der Waals surface area contributed by atoms with Gasteiger partial charge in [0.05, 0.1) is 0 Å². The number of hydrogen-bond donors (Lipinski definition) is 3. The van der Waals surface area contributed by atoms with Gasteiger partial charge in [-0.15, -0.1) is 0 Å². The quantitative estimate of drug-likeness (QED) is 0.783. The van der Waals surface area contributed by atoms with Crippen LogP contribution in [-0.4, -0.2) is 12.6 Å². The van der Waals surface area contributed by atoms with Crippen molar-refractivity contribution in [3.63, 3.8) is 0 Å². The molecule has 2 aromatic carbocycles. The minimum absolute atomic E-state index is 0.287. The number of halogens is 1. The molecule has 0 saturated heterocycles. The van der Waals surface area contributed by atoms with Gasteiger partial charge in [0, 0.05) is 28.6 Å². The molecule has 0 fully saturated rings. The van der Waals surface area contributed by atoms with Gasteiger partial charge in [-0.2, -0.15) is 0 Å². The molecule has 1 aliphatic heterocycles. The molecule has 0 aromatic heterocycles. The summed E-state index contributed by atoms with van der Waals surface area (Å²) in [4.78, 5) is 11.9. The van der Waals surface area contributed by atoms with Crippen molar-refractivity contribution in [1.29, 1.82) is 0 Å². The molecule has 1 aliphatic rings. The molecule has 2 amide bonds. The second kappa shape index (κ2) is 5.43. The molecule has 0 unspecified atom stereocenters. The fourth-order valence-corrected chi connectivity index (χ4v) is 2.42. The maximum absolute atomic E-state index is 11.9. The number of carbonyl (C=O) groups is 1. The first-order chi connectivity index (χ1) is 9.70. The predicted octanol–water partition coefficient (Wildman–Crippen LogP) is 3.95. The van der Waals surface area contributed by atoms with Crippen LogP contribution in [0, 0.1) is 0 Å². The van der Waals surface area contributed by atoms with Gasteiger partial charge in [0.1, 0.15) is 0 Å². The SMILES string of the molecule is O=C(Nc1cccc(Cl)c1)Nc1ccc2c(c1)NCC2. The Morgan fingerprint density at radius 1 is 1.10 bits per heavy atom. The molecular formula is C15H14ClN3O. The Hall–Kier alpha value is -2.20. The van der Waals surface area contributed by atoms with Crippen LogP contribution in [0.3, 0.4) is 0 Å². The highest BCUT2D eigenvalue weighted by molar-refractivity contribution is 6.30. The average molecular weight is 288 g/mol. The molecule has 3 rings (SSSR count). The lowest BCUT2D eigenvalue weighted by Gasteiger charge is -2.09. The zero-order chi connectivity index (χ0) is 13.9. The number of amides is 2. The van der Waals surface area contributed by atoms with Crippen LogP contribution >= 0.6 is 11.6 Å². The Bertz CT molecular complexity index is 657. The van der Waals surface area contributed by atoms with Crippen LogP contribution in [0.1, 0.15) is 5.56 Å². The summed E-state index contributed by atoms with van der Waals surface area (Å²) in [5.74, 6) is 0. The van der Waals surface area contributed by atoms with E-state index >= 15 is 0 Å². The number of carbonyl (C=O) groups excluding carboxylic acids is 1. The van der Waals surface area contributed by atoms with Gasteiger partial charge >= 0.3 is 6.03 Å². The van der Waals surface area contributed by atoms with Gasteiger partial charge in [-0.05, 0) is 42.3 Å². The average Bonchev–Trinajstić information content (AvgIpc) is 2.86. The number of nitrogens with one attached hydrogen (secondary N) is 3. The molecule has 0 spiro atoms. The molecule has 102 valence electrons. The molecule has 0 radical (unpaired) electrons. The number of rotatable bonds is 2. The minimum Gasteiger partial charge on any atom is -0.384 e. The molecular weight excluding hydrogens is 274 g/mol. The van der Waals surface area contributed by atoms with Crippen LogP contribution < -0.4 is 16.0 Å². The van der Waals surface area contributed by atoms with E-state index in [-0.39, 0.29) is 6.03 Å². The zero-order valence-corrected chi connectivity index (χ0v) is 11.5. The van der Waals surface area contributed by atoms with Crippen molar-refractivity contribution >= 4 is 34.7 Å². The van der Waals surface area contributed by atoms with Crippen molar-refractivity contribution in [3.05, 3.63) is 53.1 Å². The summed E-state index contributed by atoms with van der Waals surface area (Å²) >= 11 is 5.87. The number of benzene rings is 2. The van der Waals surface area contributed by atoms with Crippen molar-refractivity contribution in [2.24, 2.45) is 0 Å². The van der Waals surface area contributed by atoms with Crippen LogP contribution in [0.4, 0.5) is 21.9 Å². The van der Waals surface area contributed by atoms with Gasteiger partial charge in [-0.3, -0.25) is 0 Å². The lowest BCUT2D eigenvalue weighted by Crippen LogP contribution is -2.19. The summed E-state index contributed by atoms with van der Waals surface area (Å²) < 4.78 is 0. The maximum atomic E-state index is 11.9. The van der Waals surface area contributed by atoms with Gasteiger partial charge in [-0.1, -0.05) is 23.7 Å². The van der Waals surface area contributed by atoms with Crippen molar-refractivity contribution in [3.8, 4) is 0 Å². The van der Waals surface area contributed by atoms with E-state index in [0.29, 0.717) is 10.7 Å². The monoisotopic (exact) mass is 287 g/mol. The second-order valence-corrected chi connectivity index (χ2v) is 5.07. The number of urea groups is 1. The number of anilines is 3. The smallest absolute Gasteiger partial charge is 0.323 e. The highest BCUT2D eigenvalue weighted by Crippen LogP contribution is 2.25. The number of fused-ring (bicyclic) bond motifs is 1. The number of hydrogen-bond acceptors (Lipinski definition) is 2. The van der Waals surface area contributed by atoms with Crippen molar-refractivity contribution in [1.82, 2.24) is 0 Å². The zero-order valence-electron chi connectivity index (χ0n) is 10.7. The van der Waals surface area contributed by atoms with Gasteiger partial charge in [0.25, 0.3) is 0 Å². The summed E-state index contributed by atoms with van der Waals surface area (Å²) in [6.07, 6.45) is 1.03. The van der Waals surface area contributed by atoms with Gasteiger partial charge < -0.3 is 16.0 Å². The largest absolute Gasteiger partial charge is 0.384 e. The molecule has 20 heavy (non-hydrogen) atoms. The van der Waals surface area contributed by atoms with Crippen LogP contribution in [0.25, 0.3) is 0 Å². The highest BCUT2D eigenvalue weighted by Gasteiger charge is 2.11. The van der Waals surface area contributed by atoms with Crippen molar-refractivity contribution < 1.29 is 4.79 Å². The van der Waals surface area contributed by atoms with Crippen LogP contribution in [0.5, 0.6) is 0 Å². The predicted molar refractivity (Wildman–Crippen MR) is 82.7 cm³/mol.